The predicted molar refractivity (Wildman–Crippen MR) is 107 cm³/mol. The summed E-state index contributed by atoms with van der Waals surface area (Å²) in [5.41, 5.74) is -0.996. The van der Waals surface area contributed by atoms with Crippen molar-refractivity contribution in [1.29, 1.82) is 0 Å². The van der Waals surface area contributed by atoms with Crippen LogP contribution in [0.4, 0.5) is 13.6 Å². The van der Waals surface area contributed by atoms with Gasteiger partial charge in [-0.05, 0) is 39.3 Å². The number of halogens is 2. The number of piperidine rings is 1. The number of amides is 2. The Labute approximate surface area is 182 Å². The Balaban J connectivity index is 1.69. The van der Waals surface area contributed by atoms with E-state index in [4.69, 9.17) is 9.26 Å². The molecule has 32 heavy (non-hydrogen) atoms. The van der Waals surface area contributed by atoms with Gasteiger partial charge in [0, 0.05) is 31.3 Å². The van der Waals surface area contributed by atoms with E-state index in [1.165, 1.54) is 11.0 Å². The number of carbonyl (C=O) groups excluding carboxylic acids is 2. The third-order valence-corrected chi connectivity index (χ3v) is 4.84. The van der Waals surface area contributed by atoms with E-state index >= 15 is 0 Å². The number of rotatable bonds is 4. The fourth-order valence-corrected chi connectivity index (χ4v) is 3.31. The standard InChI is InChI=1S/C21H23F2N3O6/c1-21(2,3)31-20(30)26-7-6-15(13(10-26)19(28)29)24-18(27)16-9-17(32-25-16)12-5-4-11(22)8-14(12)23/h4-5,8-9,13,15H,6-7,10H2,1-3H3,(H,24,27)(H,28,29)/t13-,15+/m1/s1. The maximum absolute atomic E-state index is 13.9. The largest absolute Gasteiger partial charge is 0.481 e. The smallest absolute Gasteiger partial charge is 0.410 e. The van der Waals surface area contributed by atoms with Crippen molar-refractivity contribution in [2.24, 2.45) is 5.92 Å². The molecule has 9 nitrogen and oxygen atoms in total. The van der Waals surface area contributed by atoms with Crippen LogP contribution in [0.25, 0.3) is 11.3 Å². The topological polar surface area (TPSA) is 122 Å². The maximum Gasteiger partial charge on any atom is 0.410 e. The Bertz CT molecular complexity index is 1030. The molecule has 1 fully saturated rings. The van der Waals surface area contributed by atoms with E-state index < -0.39 is 47.2 Å². The molecule has 0 radical (unpaired) electrons. The molecule has 1 aliphatic rings. The predicted octanol–water partition coefficient (Wildman–Crippen LogP) is 3.06. The van der Waals surface area contributed by atoms with Gasteiger partial charge in [0.1, 0.15) is 17.2 Å². The number of benzene rings is 1. The second-order valence-corrected chi connectivity index (χ2v) is 8.44. The molecule has 0 bridgehead atoms. The summed E-state index contributed by atoms with van der Waals surface area (Å²) in [7, 11) is 0. The molecule has 1 aliphatic heterocycles. The second-order valence-electron chi connectivity index (χ2n) is 8.44. The number of ether oxygens (including phenoxy) is 1. The average molecular weight is 451 g/mol. The van der Waals surface area contributed by atoms with Crippen LogP contribution in [0.1, 0.15) is 37.7 Å². The highest BCUT2D eigenvalue weighted by atomic mass is 19.1. The van der Waals surface area contributed by atoms with E-state index in [1.54, 1.807) is 20.8 Å². The highest BCUT2D eigenvalue weighted by Crippen LogP contribution is 2.25. The van der Waals surface area contributed by atoms with Crippen molar-refractivity contribution in [3.8, 4) is 11.3 Å². The van der Waals surface area contributed by atoms with E-state index in [9.17, 15) is 28.3 Å². The lowest BCUT2D eigenvalue weighted by Crippen LogP contribution is -2.55. The number of carbonyl (C=O) groups is 3. The minimum absolute atomic E-state index is 0.0768. The number of nitrogens with one attached hydrogen (secondary N) is 1. The SMILES string of the molecule is CC(C)(C)OC(=O)N1CC[C@H](NC(=O)c2cc(-c3ccc(F)cc3F)on2)[C@H](C(=O)O)C1. The molecule has 2 aromatic rings. The average Bonchev–Trinajstić information content (AvgIpc) is 3.16. The number of aliphatic carboxylic acids is 1. The fourth-order valence-electron chi connectivity index (χ4n) is 3.31. The zero-order valence-corrected chi connectivity index (χ0v) is 17.7. The quantitative estimate of drug-likeness (QED) is 0.733. The third-order valence-electron chi connectivity index (χ3n) is 4.84. The molecular formula is C21H23F2N3O6. The number of hydrogen-bond acceptors (Lipinski definition) is 6. The highest BCUT2D eigenvalue weighted by Gasteiger charge is 2.38. The van der Waals surface area contributed by atoms with Gasteiger partial charge in [-0.1, -0.05) is 5.16 Å². The molecule has 0 saturated carbocycles. The molecule has 0 aliphatic carbocycles. The van der Waals surface area contributed by atoms with Crippen molar-refractivity contribution in [2.75, 3.05) is 13.1 Å². The van der Waals surface area contributed by atoms with Crippen LogP contribution in [0.15, 0.2) is 28.8 Å². The Hall–Kier alpha value is -3.50. The van der Waals surface area contributed by atoms with Crippen molar-refractivity contribution in [2.45, 2.75) is 38.8 Å². The van der Waals surface area contributed by atoms with Crippen LogP contribution in [0.2, 0.25) is 0 Å². The van der Waals surface area contributed by atoms with Crippen molar-refractivity contribution < 1.29 is 37.5 Å². The summed E-state index contributed by atoms with van der Waals surface area (Å²) in [4.78, 5) is 37.9. The number of likely N-dealkylation sites (tertiary alicyclic amines) is 1. The highest BCUT2D eigenvalue weighted by molar-refractivity contribution is 5.93. The van der Waals surface area contributed by atoms with Gasteiger partial charge in [0.05, 0.1) is 11.5 Å². The fraction of sp³-hybridized carbons (Fsp3) is 0.429. The summed E-state index contributed by atoms with van der Waals surface area (Å²) in [6.45, 7) is 5.16. The van der Waals surface area contributed by atoms with Gasteiger partial charge in [-0.3, -0.25) is 9.59 Å². The number of carboxylic acids is 1. The minimum atomic E-state index is -1.18. The molecule has 2 atom stereocenters. The lowest BCUT2D eigenvalue weighted by atomic mass is 9.92. The Morgan fingerprint density at radius 3 is 2.59 bits per heavy atom. The van der Waals surface area contributed by atoms with Gasteiger partial charge in [0.25, 0.3) is 5.91 Å². The lowest BCUT2D eigenvalue weighted by molar-refractivity contribution is -0.144. The summed E-state index contributed by atoms with van der Waals surface area (Å²) in [6, 6.07) is 3.27. The first-order valence-corrected chi connectivity index (χ1v) is 9.88. The minimum Gasteiger partial charge on any atom is -0.481 e. The van der Waals surface area contributed by atoms with E-state index in [0.29, 0.717) is 6.07 Å². The van der Waals surface area contributed by atoms with E-state index in [0.717, 1.165) is 12.1 Å². The first-order valence-electron chi connectivity index (χ1n) is 9.88. The van der Waals surface area contributed by atoms with E-state index in [2.05, 4.69) is 10.5 Å². The van der Waals surface area contributed by atoms with Gasteiger partial charge in [0.2, 0.25) is 0 Å². The number of nitrogens with zero attached hydrogens (tertiary/aromatic N) is 2. The Morgan fingerprint density at radius 1 is 1.25 bits per heavy atom. The second kappa shape index (κ2) is 8.93. The number of carboxylic acid groups (broad SMARTS) is 1. The Morgan fingerprint density at radius 2 is 1.97 bits per heavy atom. The molecular weight excluding hydrogens is 428 g/mol. The van der Waals surface area contributed by atoms with Gasteiger partial charge >= 0.3 is 12.1 Å². The first kappa shape index (κ1) is 23.2. The summed E-state index contributed by atoms with van der Waals surface area (Å²) in [6.07, 6.45) is -0.449. The van der Waals surface area contributed by atoms with Crippen molar-refractivity contribution in [3.63, 3.8) is 0 Å². The van der Waals surface area contributed by atoms with Crippen LogP contribution < -0.4 is 5.32 Å². The van der Waals surface area contributed by atoms with Crippen LogP contribution in [0.5, 0.6) is 0 Å². The first-order chi connectivity index (χ1) is 14.9. The molecule has 1 saturated heterocycles. The summed E-state index contributed by atoms with van der Waals surface area (Å²) in [5.74, 6) is -4.69. The molecule has 2 heterocycles. The van der Waals surface area contributed by atoms with Gasteiger partial charge < -0.3 is 24.6 Å². The van der Waals surface area contributed by atoms with Gasteiger partial charge in [-0.25, -0.2) is 13.6 Å². The van der Waals surface area contributed by atoms with E-state index in [-0.39, 0.29) is 36.5 Å². The molecule has 2 amide bonds. The Kier molecular flexibility index (Phi) is 6.47. The molecule has 1 aromatic carbocycles. The van der Waals surface area contributed by atoms with Crippen LogP contribution in [-0.4, -0.2) is 57.9 Å². The summed E-state index contributed by atoms with van der Waals surface area (Å²) < 4.78 is 37.3. The molecule has 2 N–H and O–H groups in total. The van der Waals surface area contributed by atoms with Crippen LogP contribution >= 0.6 is 0 Å². The molecule has 0 spiro atoms. The monoisotopic (exact) mass is 451 g/mol. The third kappa shape index (κ3) is 5.40. The lowest BCUT2D eigenvalue weighted by Gasteiger charge is -2.37. The van der Waals surface area contributed by atoms with E-state index in [1.807, 2.05) is 0 Å². The normalized spacial score (nSPS) is 18.8. The zero-order chi connectivity index (χ0) is 23.6. The molecule has 3 rings (SSSR count). The van der Waals surface area contributed by atoms with Gasteiger partial charge in [0.15, 0.2) is 11.5 Å². The maximum atomic E-state index is 13.9. The van der Waals surface area contributed by atoms with Crippen LogP contribution in [-0.2, 0) is 9.53 Å². The van der Waals surface area contributed by atoms with Crippen LogP contribution in [0, 0.1) is 17.6 Å². The van der Waals surface area contributed by atoms with Gasteiger partial charge in [-0.15, -0.1) is 0 Å². The van der Waals surface area contributed by atoms with Crippen molar-refractivity contribution in [3.05, 3.63) is 41.6 Å². The van der Waals surface area contributed by atoms with Crippen molar-refractivity contribution >= 4 is 18.0 Å². The number of aromatic nitrogens is 1. The summed E-state index contributed by atoms with van der Waals surface area (Å²) in [5, 5.41) is 15.8. The number of hydrogen-bond donors (Lipinski definition) is 2. The molecule has 172 valence electrons. The molecule has 0 unspecified atom stereocenters. The van der Waals surface area contributed by atoms with Crippen molar-refractivity contribution in [1.82, 2.24) is 15.4 Å². The zero-order valence-electron chi connectivity index (χ0n) is 17.7. The molecule has 11 heteroatoms. The van der Waals surface area contributed by atoms with Gasteiger partial charge in [-0.2, -0.15) is 0 Å². The molecule has 1 aromatic heterocycles. The summed E-state index contributed by atoms with van der Waals surface area (Å²) >= 11 is 0. The van der Waals surface area contributed by atoms with Crippen LogP contribution in [0.3, 0.4) is 0 Å².